The molecule has 2 aliphatic heterocycles. The molecule has 0 saturated heterocycles. The lowest BCUT2D eigenvalue weighted by Gasteiger charge is -2.18. The van der Waals surface area contributed by atoms with Crippen molar-refractivity contribution < 1.29 is 23.5 Å². The lowest BCUT2D eigenvalue weighted by atomic mass is 9.99. The van der Waals surface area contributed by atoms with Crippen LogP contribution in [0.15, 0.2) is 30.3 Å². The van der Waals surface area contributed by atoms with Gasteiger partial charge < -0.3 is 20.1 Å². The molecule has 2 heterocycles. The summed E-state index contributed by atoms with van der Waals surface area (Å²) in [4.78, 5) is 23.7. The average molecular weight is 342 g/mol. The number of rotatable bonds is 3. The molecule has 0 fully saturated rings. The molecule has 25 heavy (non-hydrogen) atoms. The predicted molar refractivity (Wildman–Crippen MR) is 87.1 cm³/mol. The number of hydrogen-bond acceptors (Lipinski definition) is 4. The van der Waals surface area contributed by atoms with Crippen LogP contribution in [0.2, 0.25) is 0 Å². The standard InChI is InChI=1S/C18H15FN2O4/c19-13-7-14-11(2-4-17(22)21-14)6-12(13)18(23)20-8-10-1-3-15-16(5-10)25-9-24-15/h1,3,5-7H,2,4,8-9H2,(H,20,23)(H,21,22). The normalized spacial score (nSPS) is 14.7. The summed E-state index contributed by atoms with van der Waals surface area (Å²) in [6, 6.07) is 8.06. The molecule has 2 amide bonds. The number of fused-ring (bicyclic) bond motifs is 2. The topological polar surface area (TPSA) is 76.7 Å². The quantitative estimate of drug-likeness (QED) is 0.898. The van der Waals surface area contributed by atoms with E-state index in [0.29, 0.717) is 30.0 Å². The first-order valence-electron chi connectivity index (χ1n) is 7.89. The molecule has 0 aliphatic carbocycles. The summed E-state index contributed by atoms with van der Waals surface area (Å²) >= 11 is 0. The molecular weight excluding hydrogens is 327 g/mol. The van der Waals surface area contributed by atoms with Crippen molar-refractivity contribution >= 4 is 17.5 Å². The third kappa shape index (κ3) is 3.00. The number of ether oxygens (including phenoxy) is 2. The van der Waals surface area contributed by atoms with E-state index in [4.69, 9.17) is 9.47 Å². The number of aryl methyl sites for hydroxylation is 1. The van der Waals surface area contributed by atoms with Gasteiger partial charge in [-0.15, -0.1) is 0 Å². The second kappa shape index (κ2) is 6.08. The van der Waals surface area contributed by atoms with Crippen LogP contribution in [-0.2, 0) is 17.8 Å². The minimum atomic E-state index is -0.663. The Kier molecular flexibility index (Phi) is 3.76. The zero-order valence-electron chi connectivity index (χ0n) is 13.2. The summed E-state index contributed by atoms with van der Waals surface area (Å²) in [6.45, 7) is 0.421. The minimum Gasteiger partial charge on any atom is -0.454 e. The Bertz CT molecular complexity index is 882. The smallest absolute Gasteiger partial charge is 0.254 e. The maximum atomic E-state index is 14.2. The van der Waals surface area contributed by atoms with Gasteiger partial charge in [-0.2, -0.15) is 0 Å². The molecule has 2 aliphatic rings. The monoisotopic (exact) mass is 342 g/mol. The van der Waals surface area contributed by atoms with Gasteiger partial charge in [-0.3, -0.25) is 9.59 Å². The van der Waals surface area contributed by atoms with E-state index >= 15 is 0 Å². The van der Waals surface area contributed by atoms with Gasteiger partial charge in [-0.1, -0.05) is 6.07 Å². The van der Waals surface area contributed by atoms with Crippen LogP contribution in [0.3, 0.4) is 0 Å². The number of benzene rings is 2. The maximum Gasteiger partial charge on any atom is 0.254 e. The Hall–Kier alpha value is -3.09. The summed E-state index contributed by atoms with van der Waals surface area (Å²) in [6.07, 6.45) is 0.820. The number of carbonyl (C=O) groups excluding carboxylic acids is 2. The van der Waals surface area contributed by atoms with Crippen LogP contribution in [0.25, 0.3) is 0 Å². The van der Waals surface area contributed by atoms with Crippen molar-refractivity contribution in [2.24, 2.45) is 0 Å². The van der Waals surface area contributed by atoms with Gasteiger partial charge in [0.2, 0.25) is 12.7 Å². The van der Waals surface area contributed by atoms with Crippen LogP contribution in [0.5, 0.6) is 11.5 Å². The molecule has 6 nitrogen and oxygen atoms in total. The van der Waals surface area contributed by atoms with Crippen LogP contribution >= 0.6 is 0 Å². The number of nitrogens with one attached hydrogen (secondary N) is 2. The summed E-state index contributed by atoms with van der Waals surface area (Å²) in [5.74, 6) is -0.0220. The highest BCUT2D eigenvalue weighted by Crippen LogP contribution is 2.32. The van der Waals surface area contributed by atoms with Crippen molar-refractivity contribution in [3.05, 3.63) is 52.8 Å². The molecule has 7 heteroatoms. The van der Waals surface area contributed by atoms with E-state index in [-0.39, 0.29) is 24.8 Å². The SMILES string of the molecule is O=C1CCc2cc(C(=O)NCc3ccc4c(c3)OCO4)c(F)cc2N1. The number of hydrogen-bond donors (Lipinski definition) is 2. The fourth-order valence-corrected chi connectivity index (χ4v) is 2.90. The molecule has 0 spiro atoms. The molecule has 0 atom stereocenters. The van der Waals surface area contributed by atoms with Gasteiger partial charge in [0, 0.05) is 18.7 Å². The molecule has 128 valence electrons. The zero-order chi connectivity index (χ0) is 17.4. The van der Waals surface area contributed by atoms with E-state index < -0.39 is 11.7 Å². The van der Waals surface area contributed by atoms with Crippen LogP contribution in [-0.4, -0.2) is 18.6 Å². The Morgan fingerprint density at radius 3 is 2.88 bits per heavy atom. The van der Waals surface area contributed by atoms with Crippen molar-refractivity contribution in [1.82, 2.24) is 5.32 Å². The molecule has 0 unspecified atom stereocenters. The average Bonchev–Trinajstić information content (AvgIpc) is 3.06. The number of amides is 2. The first-order chi connectivity index (χ1) is 12.1. The number of halogens is 1. The van der Waals surface area contributed by atoms with Crippen molar-refractivity contribution in [2.45, 2.75) is 19.4 Å². The van der Waals surface area contributed by atoms with E-state index in [1.54, 1.807) is 12.1 Å². The van der Waals surface area contributed by atoms with Crippen LogP contribution < -0.4 is 20.1 Å². The Labute approximate surface area is 142 Å². The molecule has 0 aromatic heterocycles. The highest BCUT2D eigenvalue weighted by Gasteiger charge is 2.21. The van der Waals surface area contributed by atoms with Gasteiger partial charge in [-0.05, 0) is 41.8 Å². The van der Waals surface area contributed by atoms with E-state index in [2.05, 4.69) is 10.6 Å². The van der Waals surface area contributed by atoms with Gasteiger partial charge in [0.1, 0.15) is 5.82 Å². The van der Waals surface area contributed by atoms with Gasteiger partial charge in [0.15, 0.2) is 11.5 Å². The third-order valence-corrected chi connectivity index (χ3v) is 4.22. The molecule has 2 aromatic carbocycles. The Morgan fingerprint density at radius 1 is 1.16 bits per heavy atom. The van der Waals surface area contributed by atoms with Gasteiger partial charge in [0.05, 0.1) is 5.56 Å². The van der Waals surface area contributed by atoms with Crippen LogP contribution in [0.4, 0.5) is 10.1 Å². The molecule has 2 N–H and O–H groups in total. The van der Waals surface area contributed by atoms with Gasteiger partial charge in [0.25, 0.3) is 5.91 Å². The largest absolute Gasteiger partial charge is 0.454 e. The van der Waals surface area contributed by atoms with Crippen LogP contribution in [0, 0.1) is 5.82 Å². The van der Waals surface area contributed by atoms with E-state index in [1.807, 2.05) is 6.07 Å². The Balaban J connectivity index is 1.49. The maximum absolute atomic E-state index is 14.2. The molecular formula is C18H15FN2O4. The first-order valence-corrected chi connectivity index (χ1v) is 7.89. The molecule has 2 aromatic rings. The van der Waals surface area contributed by atoms with Crippen molar-refractivity contribution in [2.75, 3.05) is 12.1 Å². The summed E-state index contributed by atoms with van der Waals surface area (Å²) in [7, 11) is 0. The second-order valence-corrected chi connectivity index (χ2v) is 5.91. The highest BCUT2D eigenvalue weighted by atomic mass is 19.1. The lowest BCUT2D eigenvalue weighted by molar-refractivity contribution is -0.116. The summed E-state index contributed by atoms with van der Waals surface area (Å²) < 4.78 is 24.7. The molecule has 4 rings (SSSR count). The number of carbonyl (C=O) groups is 2. The minimum absolute atomic E-state index is 0.0318. The van der Waals surface area contributed by atoms with Crippen molar-refractivity contribution in [3.63, 3.8) is 0 Å². The molecule has 0 bridgehead atoms. The van der Waals surface area contributed by atoms with E-state index in [0.717, 1.165) is 11.1 Å². The van der Waals surface area contributed by atoms with Crippen LogP contribution in [0.1, 0.15) is 27.9 Å². The van der Waals surface area contributed by atoms with E-state index in [1.165, 1.54) is 12.1 Å². The molecule has 0 saturated carbocycles. The fourth-order valence-electron chi connectivity index (χ4n) is 2.90. The zero-order valence-corrected chi connectivity index (χ0v) is 13.2. The fraction of sp³-hybridized carbons (Fsp3) is 0.222. The Morgan fingerprint density at radius 2 is 2.00 bits per heavy atom. The highest BCUT2D eigenvalue weighted by molar-refractivity contribution is 5.98. The third-order valence-electron chi connectivity index (χ3n) is 4.22. The van der Waals surface area contributed by atoms with Gasteiger partial charge >= 0.3 is 0 Å². The van der Waals surface area contributed by atoms with Crippen molar-refractivity contribution in [1.29, 1.82) is 0 Å². The summed E-state index contributed by atoms with van der Waals surface area (Å²) in [5, 5.41) is 5.31. The lowest BCUT2D eigenvalue weighted by Crippen LogP contribution is -2.25. The first kappa shape index (κ1) is 15.4. The summed E-state index contributed by atoms with van der Waals surface area (Å²) in [5.41, 5.74) is 1.98. The number of anilines is 1. The second-order valence-electron chi connectivity index (χ2n) is 5.91. The van der Waals surface area contributed by atoms with Gasteiger partial charge in [-0.25, -0.2) is 4.39 Å². The van der Waals surface area contributed by atoms with E-state index in [9.17, 15) is 14.0 Å². The van der Waals surface area contributed by atoms with Crippen molar-refractivity contribution in [3.8, 4) is 11.5 Å². The predicted octanol–water partition coefficient (Wildman–Crippen LogP) is 2.37. The molecule has 0 radical (unpaired) electrons.